The molecule has 0 unspecified atom stereocenters. The molecule has 1 aromatic heterocycles. The van der Waals surface area contributed by atoms with Gasteiger partial charge < -0.3 is 5.32 Å². The Bertz CT molecular complexity index is 1260. The monoisotopic (exact) mass is 416 g/mol. The van der Waals surface area contributed by atoms with Gasteiger partial charge in [0.15, 0.2) is 0 Å². The second-order valence-corrected chi connectivity index (χ2v) is 7.56. The highest BCUT2D eigenvalue weighted by atomic mass is 19.1. The minimum absolute atomic E-state index is 0.129. The summed E-state index contributed by atoms with van der Waals surface area (Å²) in [4.78, 5) is 16.5. The highest BCUT2D eigenvalue weighted by Crippen LogP contribution is 2.27. The smallest absolute Gasteiger partial charge is 0.238 e. The number of hydrogen-bond acceptors (Lipinski definition) is 3. The van der Waals surface area contributed by atoms with E-state index in [9.17, 15) is 9.18 Å². The van der Waals surface area contributed by atoms with Crippen molar-refractivity contribution in [3.63, 3.8) is 0 Å². The van der Waals surface area contributed by atoms with Gasteiger partial charge in [-0.15, -0.1) is 0 Å². The predicted octanol–water partition coefficient (Wildman–Crippen LogP) is 5.55. The van der Waals surface area contributed by atoms with Crippen LogP contribution in [0.4, 0.5) is 10.3 Å². The summed E-state index contributed by atoms with van der Waals surface area (Å²) in [5.41, 5.74) is 9.08. The number of aryl methyl sites for hydroxylation is 1. The maximum atomic E-state index is 14.9. The predicted molar refractivity (Wildman–Crippen MR) is 123 cm³/mol. The Morgan fingerprint density at radius 1 is 1.06 bits per heavy atom. The van der Waals surface area contributed by atoms with Crippen molar-refractivity contribution in [3.05, 3.63) is 83.2 Å². The van der Waals surface area contributed by atoms with Gasteiger partial charge in [0.1, 0.15) is 5.82 Å². The van der Waals surface area contributed by atoms with Gasteiger partial charge >= 0.3 is 0 Å². The third-order valence-electron chi connectivity index (χ3n) is 5.52. The molecular formula is C25H25FN4O. The third kappa shape index (κ3) is 4.14. The second-order valence-electron chi connectivity index (χ2n) is 7.56. The average Bonchev–Trinajstić information content (AvgIpc) is 3.12. The Morgan fingerprint density at radius 2 is 1.87 bits per heavy atom. The molecule has 0 saturated carbocycles. The molecule has 2 N–H and O–H groups in total. The number of para-hydroxylation sites is 2. The Labute approximate surface area is 180 Å². The quantitative estimate of drug-likeness (QED) is 0.433. The molecule has 0 spiro atoms. The zero-order valence-corrected chi connectivity index (χ0v) is 17.9. The van der Waals surface area contributed by atoms with Crippen molar-refractivity contribution in [3.8, 4) is 11.1 Å². The first kappa shape index (κ1) is 20.6. The van der Waals surface area contributed by atoms with Crippen molar-refractivity contribution in [2.45, 2.75) is 33.7 Å². The van der Waals surface area contributed by atoms with E-state index >= 15 is 0 Å². The molecular weight excluding hydrogens is 391 g/mol. The fourth-order valence-electron chi connectivity index (χ4n) is 3.56. The maximum Gasteiger partial charge on any atom is 0.238 e. The Balaban J connectivity index is 1.60. The van der Waals surface area contributed by atoms with E-state index in [1.54, 1.807) is 23.7 Å². The molecule has 0 bridgehead atoms. The molecule has 0 atom stereocenters. The van der Waals surface area contributed by atoms with Gasteiger partial charge in [-0.3, -0.25) is 10.2 Å². The molecule has 0 radical (unpaired) electrons. The lowest BCUT2D eigenvalue weighted by atomic mass is 9.96. The van der Waals surface area contributed by atoms with Crippen LogP contribution in [0.1, 0.15) is 30.0 Å². The Hall–Kier alpha value is -3.67. The normalized spacial score (nSPS) is 11.0. The van der Waals surface area contributed by atoms with E-state index in [-0.39, 0.29) is 18.3 Å². The van der Waals surface area contributed by atoms with E-state index in [4.69, 9.17) is 0 Å². The summed E-state index contributed by atoms with van der Waals surface area (Å²) >= 11 is 0. The highest BCUT2D eigenvalue weighted by Gasteiger charge is 2.14. The van der Waals surface area contributed by atoms with Crippen molar-refractivity contribution in [1.29, 1.82) is 0 Å². The molecule has 0 aliphatic carbocycles. The lowest BCUT2D eigenvalue weighted by molar-refractivity contribution is -0.116. The summed E-state index contributed by atoms with van der Waals surface area (Å²) < 4.78 is 16.5. The number of nitrogens with one attached hydrogen (secondary N) is 2. The van der Waals surface area contributed by atoms with Crippen LogP contribution in [0.5, 0.6) is 0 Å². The molecule has 4 rings (SSSR count). The molecule has 5 nitrogen and oxygen atoms in total. The first-order valence-corrected chi connectivity index (χ1v) is 10.3. The van der Waals surface area contributed by atoms with Crippen LogP contribution in [0.3, 0.4) is 0 Å². The van der Waals surface area contributed by atoms with Gasteiger partial charge in [-0.1, -0.05) is 49.4 Å². The van der Waals surface area contributed by atoms with Gasteiger partial charge in [-0.25, -0.2) is 14.1 Å². The summed E-state index contributed by atoms with van der Waals surface area (Å²) in [6.45, 7) is 6.13. The van der Waals surface area contributed by atoms with Crippen LogP contribution in [0.15, 0.2) is 60.7 Å². The van der Waals surface area contributed by atoms with Crippen molar-refractivity contribution in [2.75, 3.05) is 10.7 Å². The summed E-state index contributed by atoms with van der Waals surface area (Å²) in [5, 5.41) is 3.17. The van der Waals surface area contributed by atoms with E-state index in [1.165, 1.54) is 5.56 Å². The Morgan fingerprint density at radius 3 is 2.65 bits per heavy atom. The number of amides is 1. The zero-order chi connectivity index (χ0) is 22.0. The standard InChI is InChI=1S/C25H25FN4O/c1-4-24(31)29-30-23-11-6-5-10-22(23)28-25(30)27-15-19-13-12-18(14-21(19)26)20-9-7-8-16(2)17(20)3/h5-14H,4,15H2,1-3H3,(H,27,28)(H,29,31). The number of nitrogens with zero attached hydrogens (tertiary/aromatic N) is 2. The Kier molecular flexibility index (Phi) is 5.71. The van der Waals surface area contributed by atoms with Gasteiger partial charge in [0.2, 0.25) is 11.9 Å². The molecule has 1 heterocycles. The van der Waals surface area contributed by atoms with Crippen molar-refractivity contribution >= 4 is 22.9 Å². The maximum absolute atomic E-state index is 14.9. The van der Waals surface area contributed by atoms with Crippen LogP contribution >= 0.6 is 0 Å². The number of fused-ring (bicyclic) bond motifs is 1. The molecule has 0 fully saturated rings. The zero-order valence-electron chi connectivity index (χ0n) is 17.9. The van der Waals surface area contributed by atoms with Gasteiger partial charge in [0.25, 0.3) is 0 Å². The van der Waals surface area contributed by atoms with Gasteiger partial charge in [0, 0.05) is 18.5 Å². The van der Waals surface area contributed by atoms with Crippen LogP contribution in [0.2, 0.25) is 0 Å². The number of carbonyl (C=O) groups excluding carboxylic acids is 1. The fraction of sp³-hybridized carbons (Fsp3) is 0.200. The fourth-order valence-corrected chi connectivity index (χ4v) is 3.56. The molecule has 6 heteroatoms. The van der Waals surface area contributed by atoms with E-state index in [2.05, 4.69) is 28.7 Å². The molecule has 0 aliphatic heterocycles. The van der Waals surface area contributed by atoms with Crippen LogP contribution in [-0.2, 0) is 11.3 Å². The summed E-state index contributed by atoms with van der Waals surface area (Å²) in [7, 11) is 0. The molecule has 31 heavy (non-hydrogen) atoms. The molecule has 0 aliphatic rings. The number of imidazole rings is 1. The molecule has 1 amide bonds. The van der Waals surface area contributed by atoms with E-state index in [0.717, 1.165) is 27.7 Å². The number of hydrogen-bond donors (Lipinski definition) is 2. The molecule has 0 saturated heterocycles. The molecule has 3 aromatic carbocycles. The number of halogens is 1. The summed E-state index contributed by atoms with van der Waals surface area (Å²) in [6, 6.07) is 18.9. The first-order chi connectivity index (χ1) is 15.0. The number of benzene rings is 3. The summed E-state index contributed by atoms with van der Waals surface area (Å²) in [6.07, 6.45) is 0.348. The minimum atomic E-state index is -0.286. The third-order valence-corrected chi connectivity index (χ3v) is 5.52. The topological polar surface area (TPSA) is 59.0 Å². The number of anilines is 1. The van der Waals surface area contributed by atoms with Crippen LogP contribution in [-0.4, -0.2) is 15.6 Å². The number of aromatic nitrogens is 2. The van der Waals surface area contributed by atoms with E-state index in [0.29, 0.717) is 17.9 Å². The van der Waals surface area contributed by atoms with Crippen LogP contribution in [0, 0.1) is 19.7 Å². The van der Waals surface area contributed by atoms with Crippen LogP contribution in [0.25, 0.3) is 22.2 Å². The number of carbonyl (C=O) groups is 1. The molecule has 158 valence electrons. The van der Waals surface area contributed by atoms with Gasteiger partial charge in [-0.2, -0.15) is 0 Å². The van der Waals surface area contributed by atoms with E-state index in [1.807, 2.05) is 49.4 Å². The largest absolute Gasteiger partial charge is 0.350 e. The lowest BCUT2D eigenvalue weighted by Crippen LogP contribution is -2.23. The van der Waals surface area contributed by atoms with Crippen molar-refractivity contribution in [2.24, 2.45) is 0 Å². The molecule has 4 aromatic rings. The van der Waals surface area contributed by atoms with Crippen molar-refractivity contribution in [1.82, 2.24) is 9.66 Å². The number of rotatable bonds is 6. The van der Waals surface area contributed by atoms with Crippen molar-refractivity contribution < 1.29 is 9.18 Å². The van der Waals surface area contributed by atoms with E-state index < -0.39 is 0 Å². The minimum Gasteiger partial charge on any atom is -0.350 e. The SMILES string of the molecule is CCC(=O)Nn1c(NCc2ccc(-c3cccc(C)c3C)cc2F)nc2ccccc21. The lowest BCUT2D eigenvalue weighted by Gasteiger charge is -2.13. The van der Waals surface area contributed by atoms with Crippen LogP contribution < -0.4 is 10.7 Å². The second kappa shape index (κ2) is 8.60. The van der Waals surface area contributed by atoms with Gasteiger partial charge in [-0.05, 0) is 54.3 Å². The highest BCUT2D eigenvalue weighted by molar-refractivity contribution is 5.87. The first-order valence-electron chi connectivity index (χ1n) is 10.3. The average molecular weight is 417 g/mol. The van der Waals surface area contributed by atoms with Gasteiger partial charge in [0.05, 0.1) is 11.0 Å². The summed E-state index contributed by atoms with van der Waals surface area (Å²) in [5.74, 6) is 0.0439.